The fraction of sp³-hybridized carbons (Fsp3) is 0.143. The van der Waals surface area contributed by atoms with E-state index in [0.29, 0.717) is 12.1 Å². The predicted octanol–water partition coefficient (Wildman–Crippen LogP) is 4.39. The Bertz CT molecular complexity index is 993. The SMILES string of the molecule is C=Cc1ccccc1S(=O)(=O)NCCCc1ccc2ccccc2c1. The van der Waals surface area contributed by atoms with E-state index < -0.39 is 10.0 Å². The van der Waals surface area contributed by atoms with Crippen molar-refractivity contribution in [3.63, 3.8) is 0 Å². The Labute approximate surface area is 149 Å². The summed E-state index contributed by atoms with van der Waals surface area (Å²) in [7, 11) is -3.51. The summed E-state index contributed by atoms with van der Waals surface area (Å²) in [6.45, 7) is 4.08. The van der Waals surface area contributed by atoms with E-state index in [0.717, 1.165) is 12.8 Å². The lowest BCUT2D eigenvalue weighted by Crippen LogP contribution is -2.25. The molecule has 0 bridgehead atoms. The minimum atomic E-state index is -3.51. The largest absolute Gasteiger partial charge is 0.241 e. The van der Waals surface area contributed by atoms with Crippen molar-refractivity contribution in [1.29, 1.82) is 0 Å². The number of rotatable bonds is 7. The second-order valence-electron chi connectivity index (χ2n) is 5.92. The molecule has 0 aliphatic heterocycles. The molecule has 3 rings (SSSR count). The van der Waals surface area contributed by atoms with E-state index in [-0.39, 0.29) is 4.90 Å². The van der Waals surface area contributed by atoms with Gasteiger partial charge >= 0.3 is 0 Å². The van der Waals surface area contributed by atoms with Crippen LogP contribution in [0.15, 0.2) is 78.2 Å². The molecule has 128 valence electrons. The summed E-state index contributed by atoms with van der Waals surface area (Å²) in [6, 6.07) is 21.5. The van der Waals surface area contributed by atoms with Crippen LogP contribution in [0.2, 0.25) is 0 Å². The van der Waals surface area contributed by atoms with Gasteiger partial charge in [0, 0.05) is 6.54 Å². The molecular weight excluding hydrogens is 330 g/mol. The van der Waals surface area contributed by atoms with Gasteiger partial charge in [0.1, 0.15) is 0 Å². The molecule has 0 amide bonds. The van der Waals surface area contributed by atoms with Crippen LogP contribution in [0.4, 0.5) is 0 Å². The summed E-state index contributed by atoms with van der Waals surface area (Å²) in [6.07, 6.45) is 3.13. The van der Waals surface area contributed by atoms with Crippen molar-refractivity contribution in [3.8, 4) is 0 Å². The van der Waals surface area contributed by atoms with E-state index in [4.69, 9.17) is 0 Å². The zero-order chi connectivity index (χ0) is 17.7. The molecule has 0 atom stereocenters. The molecule has 0 unspecified atom stereocenters. The lowest BCUT2D eigenvalue weighted by molar-refractivity contribution is 0.579. The number of hydrogen-bond acceptors (Lipinski definition) is 2. The van der Waals surface area contributed by atoms with Gasteiger partial charge in [-0.05, 0) is 40.8 Å². The third-order valence-electron chi connectivity index (χ3n) is 4.18. The van der Waals surface area contributed by atoms with Crippen LogP contribution in [0.5, 0.6) is 0 Å². The highest BCUT2D eigenvalue weighted by molar-refractivity contribution is 7.89. The van der Waals surface area contributed by atoms with Gasteiger partial charge in [-0.1, -0.05) is 73.3 Å². The van der Waals surface area contributed by atoms with Crippen molar-refractivity contribution < 1.29 is 8.42 Å². The molecule has 3 aromatic carbocycles. The summed E-state index contributed by atoms with van der Waals surface area (Å²) in [5.74, 6) is 0. The quantitative estimate of drug-likeness (QED) is 0.642. The fourth-order valence-corrected chi connectivity index (χ4v) is 4.15. The summed E-state index contributed by atoms with van der Waals surface area (Å²) in [5, 5.41) is 2.42. The van der Waals surface area contributed by atoms with Gasteiger partial charge in [-0.2, -0.15) is 0 Å². The van der Waals surface area contributed by atoms with Crippen molar-refractivity contribution >= 4 is 26.9 Å². The maximum atomic E-state index is 12.4. The number of sulfonamides is 1. The molecular formula is C21H21NO2S. The molecule has 0 heterocycles. The van der Waals surface area contributed by atoms with E-state index in [1.165, 1.54) is 16.3 Å². The normalized spacial score (nSPS) is 11.5. The molecule has 0 aliphatic rings. The molecule has 0 spiro atoms. The van der Waals surface area contributed by atoms with Gasteiger partial charge in [0.2, 0.25) is 10.0 Å². The highest BCUT2D eigenvalue weighted by Gasteiger charge is 2.15. The zero-order valence-corrected chi connectivity index (χ0v) is 14.8. The third-order valence-corrected chi connectivity index (χ3v) is 5.71. The minimum absolute atomic E-state index is 0.274. The van der Waals surface area contributed by atoms with Crippen LogP contribution in [0.1, 0.15) is 17.5 Å². The summed E-state index contributed by atoms with van der Waals surface area (Å²) in [4.78, 5) is 0.274. The average Bonchev–Trinajstić information content (AvgIpc) is 2.65. The zero-order valence-electron chi connectivity index (χ0n) is 14.0. The Kier molecular flexibility index (Phi) is 5.31. The molecule has 25 heavy (non-hydrogen) atoms. The van der Waals surface area contributed by atoms with Gasteiger partial charge < -0.3 is 0 Å². The minimum Gasteiger partial charge on any atom is -0.211 e. The van der Waals surface area contributed by atoms with Gasteiger partial charge in [-0.25, -0.2) is 13.1 Å². The van der Waals surface area contributed by atoms with E-state index in [2.05, 4.69) is 41.6 Å². The van der Waals surface area contributed by atoms with Crippen molar-refractivity contribution in [3.05, 3.63) is 84.4 Å². The number of fused-ring (bicyclic) bond motifs is 1. The molecule has 0 aliphatic carbocycles. The highest BCUT2D eigenvalue weighted by atomic mass is 32.2. The van der Waals surface area contributed by atoms with Crippen LogP contribution < -0.4 is 4.72 Å². The predicted molar refractivity (Wildman–Crippen MR) is 104 cm³/mol. The van der Waals surface area contributed by atoms with Crippen molar-refractivity contribution in [1.82, 2.24) is 4.72 Å². The van der Waals surface area contributed by atoms with E-state index in [1.54, 1.807) is 30.3 Å². The van der Waals surface area contributed by atoms with Crippen molar-refractivity contribution in [2.75, 3.05) is 6.54 Å². The average molecular weight is 351 g/mol. The molecule has 0 fully saturated rings. The van der Waals surface area contributed by atoms with Crippen molar-refractivity contribution in [2.24, 2.45) is 0 Å². The Balaban J connectivity index is 1.61. The Morgan fingerprint density at radius 2 is 1.64 bits per heavy atom. The van der Waals surface area contributed by atoms with Gasteiger partial charge in [0.15, 0.2) is 0 Å². The first-order chi connectivity index (χ1) is 12.1. The topological polar surface area (TPSA) is 46.2 Å². The molecule has 4 heteroatoms. The first-order valence-corrected chi connectivity index (χ1v) is 9.77. The van der Waals surface area contributed by atoms with Gasteiger partial charge in [0.05, 0.1) is 4.90 Å². The second kappa shape index (κ2) is 7.64. The standard InChI is InChI=1S/C21H21NO2S/c1-2-18-9-5-6-12-21(18)25(23,24)22-15-7-8-17-13-14-19-10-3-4-11-20(19)16-17/h2-6,9-14,16,22H,1,7-8,15H2. The number of hydrogen-bond donors (Lipinski definition) is 1. The van der Waals surface area contributed by atoms with Crippen LogP contribution in [-0.4, -0.2) is 15.0 Å². The Morgan fingerprint density at radius 3 is 2.44 bits per heavy atom. The van der Waals surface area contributed by atoms with Crippen LogP contribution in [-0.2, 0) is 16.4 Å². The molecule has 1 N–H and O–H groups in total. The van der Waals surface area contributed by atoms with Crippen molar-refractivity contribution in [2.45, 2.75) is 17.7 Å². The van der Waals surface area contributed by atoms with Gasteiger partial charge in [-0.15, -0.1) is 0 Å². The summed E-state index contributed by atoms with van der Waals surface area (Å²) in [5.41, 5.74) is 1.83. The summed E-state index contributed by atoms with van der Waals surface area (Å²) >= 11 is 0. The number of benzene rings is 3. The molecule has 0 aromatic heterocycles. The number of nitrogens with one attached hydrogen (secondary N) is 1. The first-order valence-electron chi connectivity index (χ1n) is 8.29. The summed E-state index contributed by atoms with van der Waals surface area (Å²) < 4.78 is 27.6. The molecule has 0 radical (unpaired) electrons. The van der Waals surface area contributed by atoms with Gasteiger partial charge in [0.25, 0.3) is 0 Å². The van der Waals surface area contributed by atoms with Crippen LogP contribution in [0.25, 0.3) is 16.8 Å². The number of aryl methyl sites for hydroxylation is 1. The second-order valence-corrected chi connectivity index (χ2v) is 7.66. The Hall–Kier alpha value is -2.43. The third kappa shape index (κ3) is 4.16. The Morgan fingerprint density at radius 1 is 0.920 bits per heavy atom. The monoisotopic (exact) mass is 351 g/mol. The highest BCUT2D eigenvalue weighted by Crippen LogP contribution is 2.18. The smallest absolute Gasteiger partial charge is 0.211 e. The molecule has 3 nitrogen and oxygen atoms in total. The van der Waals surface area contributed by atoms with E-state index in [1.807, 2.05) is 12.1 Å². The van der Waals surface area contributed by atoms with Crippen LogP contribution in [0, 0.1) is 0 Å². The van der Waals surface area contributed by atoms with Crippen LogP contribution >= 0.6 is 0 Å². The first kappa shape index (κ1) is 17.4. The van der Waals surface area contributed by atoms with E-state index in [9.17, 15) is 8.42 Å². The lowest BCUT2D eigenvalue weighted by atomic mass is 10.0. The maximum Gasteiger partial charge on any atom is 0.241 e. The molecule has 3 aromatic rings. The van der Waals surface area contributed by atoms with Gasteiger partial charge in [-0.3, -0.25) is 0 Å². The molecule has 0 saturated heterocycles. The van der Waals surface area contributed by atoms with E-state index >= 15 is 0 Å². The van der Waals surface area contributed by atoms with Crippen LogP contribution in [0.3, 0.4) is 0 Å². The maximum absolute atomic E-state index is 12.4. The molecule has 0 saturated carbocycles. The fourth-order valence-electron chi connectivity index (χ4n) is 2.86. The lowest BCUT2D eigenvalue weighted by Gasteiger charge is -2.09.